The van der Waals surface area contributed by atoms with Crippen molar-refractivity contribution in [2.24, 2.45) is 5.92 Å². The Hall–Kier alpha value is -2.67. The monoisotopic (exact) mass is 394 g/mol. The van der Waals surface area contributed by atoms with Gasteiger partial charge >= 0.3 is 0 Å². The summed E-state index contributed by atoms with van der Waals surface area (Å²) in [5.41, 5.74) is 3.64. The third-order valence-electron chi connectivity index (χ3n) is 6.40. The van der Waals surface area contributed by atoms with Gasteiger partial charge in [0, 0.05) is 31.1 Å². The Morgan fingerprint density at radius 2 is 1.93 bits per heavy atom. The molecular weight excluding hydrogens is 368 g/mol. The summed E-state index contributed by atoms with van der Waals surface area (Å²) in [6.45, 7) is 5.51. The largest absolute Gasteiger partial charge is 0.377 e. The molecule has 1 atom stereocenters. The van der Waals surface area contributed by atoms with E-state index in [-0.39, 0.29) is 23.8 Å². The quantitative estimate of drug-likeness (QED) is 0.803. The number of anilines is 2. The van der Waals surface area contributed by atoms with Crippen LogP contribution in [0.1, 0.15) is 39.2 Å². The van der Waals surface area contributed by atoms with Crippen LogP contribution < -0.4 is 9.80 Å². The van der Waals surface area contributed by atoms with Crippen molar-refractivity contribution in [1.82, 2.24) is 9.78 Å². The lowest BCUT2D eigenvalue weighted by molar-refractivity contribution is -0.125. The average Bonchev–Trinajstić information content (AvgIpc) is 3.06. The van der Waals surface area contributed by atoms with E-state index in [9.17, 15) is 9.59 Å². The molecular formula is C22H26N4O3. The molecule has 1 saturated carbocycles. The van der Waals surface area contributed by atoms with Crippen LogP contribution in [0.25, 0.3) is 11.1 Å². The number of aromatic nitrogens is 2. The van der Waals surface area contributed by atoms with Crippen molar-refractivity contribution in [3.05, 3.63) is 30.6 Å². The second-order valence-electron chi connectivity index (χ2n) is 8.42. The van der Waals surface area contributed by atoms with Crippen molar-refractivity contribution in [3.63, 3.8) is 0 Å². The van der Waals surface area contributed by atoms with E-state index in [0.717, 1.165) is 41.8 Å². The topological polar surface area (TPSA) is 67.7 Å². The molecule has 152 valence electrons. The molecule has 7 heteroatoms. The Morgan fingerprint density at radius 3 is 2.55 bits per heavy atom. The minimum Gasteiger partial charge on any atom is -0.377 e. The van der Waals surface area contributed by atoms with E-state index < -0.39 is 0 Å². The van der Waals surface area contributed by atoms with Crippen molar-refractivity contribution in [1.29, 1.82) is 0 Å². The molecule has 1 saturated heterocycles. The van der Waals surface area contributed by atoms with Gasteiger partial charge in [-0.1, -0.05) is 12.5 Å². The number of benzene rings is 1. The van der Waals surface area contributed by atoms with Gasteiger partial charge < -0.3 is 14.5 Å². The van der Waals surface area contributed by atoms with E-state index in [2.05, 4.69) is 5.10 Å². The van der Waals surface area contributed by atoms with Crippen LogP contribution in [0.3, 0.4) is 0 Å². The molecule has 3 aliphatic rings. The maximum absolute atomic E-state index is 13.1. The van der Waals surface area contributed by atoms with E-state index in [4.69, 9.17) is 4.74 Å². The molecule has 2 amide bonds. The molecule has 0 N–H and O–H groups in total. The van der Waals surface area contributed by atoms with Crippen LogP contribution in [0.2, 0.25) is 0 Å². The maximum atomic E-state index is 13.1. The minimum absolute atomic E-state index is 0.0000427. The van der Waals surface area contributed by atoms with Crippen LogP contribution in [0.4, 0.5) is 11.4 Å². The number of fused-ring (bicyclic) bond motifs is 1. The number of carbonyl (C=O) groups excluding carboxylic acids is 2. The Labute approximate surface area is 170 Å². The first-order valence-corrected chi connectivity index (χ1v) is 10.4. The number of hydrogen-bond donors (Lipinski definition) is 0. The summed E-state index contributed by atoms with van der Waals surface area (Å²) in [5, 5.41) is 4.48. The van der Waals surface area contributed by atoms with Gasteiger partial charge in [0.05, 0.1) is 42.9 Å². The molecule has 29 heavy (non-hydrogen) atoms. The molecule has 1 aromatic carbocycles. The summed E-state index contributed by atoms with van der Waals surface area (Å²) >= 11 is 0. The molecule has 1 aromatic heterocycles. The van der Waals surface area contributed by atoms with Crippen LogP contribution in [0, 0.1) is 5.92 Å². The van der Waals surface area contributed by atoms with Gasteiger partial charge in [0.15, 0.2) is 0 Å². The van der Waals surface area contributed by atoms with Gasteiger partial charge in [-0.05, 0) is 37.5 Å². The van der Waals surface area contributed by atoms with Gasteiger partial charge in [0.2, 0.25) is 11.8 Å². The van der Waals surface area contributed by atoms with Crippen molar-refractivity contribution in [2.75, 3.05) is 29.6 Å². The van der Waals surface area contributed by atoms with E-state index in [1.165, 1.54) is 0 Å². The Bertz CT molecular complexity index is 961. The number of rotatable bonds is 3. The summed E-state index contributed by atoms with van der Waals surface area (Å²) in [6, 6.07) is 6.26. The fraction of sp³-hybridized carbons (Fsp3) is 0.500. The highest BCUT2D eigenvalue weighted by Gasteiger charge is 2.37. The highest BCUT2D eigenvalue weighted by atomic mass is 16.5. The lowest BCUT2D eigenvalue weighted by Gasteiger charge is -2.43. The molecule has 2 fully saturated rings. The number of carbonyl (C=O) groups is 2. The molecule has 0 bridgehead atoms. The molecule has 0 spiro atoms. The zero-order valence-electron chi connectivity index (χ0n) is 16.9. The van der Waals surface area contributed by atoms with Crippen molar-refractivity contribution < 1.29 is 14.3 Å². The number of nitrogens with zero attached hydrogens (tertiary/aromatic N) is 4. The van der Waals surface area contributed by atoms with Crippen LogP contribution >= 0.6 is 0 Å². The van der Waals surface area contributed by atoms with Crippen molar-refractivity contribution >= 4 is 23.2 Å². The lowest BCUT2D eigenvalue weighted by Crippen LogP contribution is -2.53. The summed E-state index contributed by atoms with van der Waals surface area (Å²) in [4.78, 5) is 29.2. The highest BCUT2D eigenvalue weighted by Crippen LogP contribution is 2.41. The molecule has 2 aromatic rings. The van der Waals surface area contributed by atoms with Gasteiger partial charge in [-0.3, -0.25) is 14.3 Å². The molecule has 1 aliphatic carbocycles. The average molecular weight is 394 g/mol. The maximum Gasteiger partial charge on any atom is 0.230 e. The smallest absolute Gasteiger partial charge is 0.230 e. The Morgan fingerprint density at radius 1 is 1.14 bits per heavy atom. The fourth-order valence-corrected chi connectivity index (χ4v) is 4.43. The van der Waals surface area contributed by atoms with Gasteiger partial charge in [0.1, 0.15) is 0 Å². The highest BCUT2D eigenvalue weighted by molar-refractivity contribution is 6.05. The van der Waals surface area contributed by atoms with Crippen molar-refractivity contribution in [3.8, 4) is 11.1 Å². The predicted octanol–water partition coefficient (Wildman–Crippen LogP) is 3.01. The standard InChI is InChI=1S/C22H26N4O3/c1-14-10-24(22(28)16-4-3-5-16)21-8-17(6-7-20(21)26(14)15(2)27)18-9-23-25(11-18)19-12-29-13-19/h6-9,11,14,16,19H,3-5,10,12-13H2,1-2H3/t14-/m0/s1. The second kappa shape index (κ2) is 6.99. The first-order chi connectivity index (χ1) is 14.0. The third-order valence-corrected chi connectivity index (χ3v) is 6.40. The molecule has 0 radical (unpaired) electrons. The Balaban J connectivity index is 1.54. The van der Waals surface area contributed by atoms with Crippen LogP contribution in [0.5, 0.6) is 0 Å². The lowest BCUT2D eigenvalue weighted by atomic mass is 9.84. The first-order valence-electron chi connectivity index (χ1n) is 10.4. The molecule has 0 unspecified atom stereocenters. The molecule has 3 heterocycles. The van der Waals surface area contributed by atoms with Gasteiger partial charge in [-0.25, -0.2) is 0 Å². The Kier molecular flexibility index (Phi) is 4.42. The fourth-order valence-electron chi connectivity index (χ4n) is 4.43. The van der Waals surface area contributed by atoms with Gasteiger partial charge in [-0.15, -0.1) is 0 Å². The SMILES string of the molecule is CC(=O)N1c2ccc(-c3cnn(C4COC4)c3)cc2N(C(=O)C2CCC2)C[C@@H]1C. The predicted molar refractivity (Wildman–Crippen MR) is 110 cm³/mol. The summed E-state index contributed by atoms with van der Waals surface area (Å²) < 4.78 is 7.20. The van der Waals surface area contributed by atoms with E-state index >= 15 is 0 Å². The minimum atomic E-state index is -0.0451. The zero-order valence-corrected chi connectivity index (χ0v) is 16.9. The number of hydrogen-bond acceptors (Lipinski definition) is 4. The molecule has 5 rings (SSSR count). The van der Waals surface area contributed by atoms with Gasteiger partial charge in [0.25, 0.3) is 0 Å². The normalized spacial score (nSPS) is 22.1. The number of ether oxygens (including phenoxy) is 1. The number of amides is 2. The summed E-state index contributed by atoms with van der Waals surface area (Å²) in [5.74, 6) is 0.302. The van der Waals surface area contributed by atoms with Gasteiger partial charge in [-0.2, -0.15) is 5.10 Å². The van der Waals surface area contributed by atoms with Crippen LogP contribution in [0.15, 0.2) is 30.6 Å². The van der Waals surface area contributed by atoms with Crippen LogP contribution in [-0.2, 0) is 14.3 Å². The van der Waals surface area contributed by atoms with Crippen molar-refractivity contribution in [2.45, 2.75) is 45.2 Å². The summed E-state index contributed by atoms with van der Waals surface area (Å²) in [7, 11) is 0. The van der Waals surface area contributed by atoms with E-state index in [1.54, 1.807) is 11.8 Å². The zero-order chi connectivity index (χ0) is 20.1. The van der Waals surface area contributed by atoms with E-state index in [1.807, 2.05) is 47.1 Å². The second-order valence-corrected chi connectivity index (χ2v) is 8.42. The van der Waals surface area contributed by atoms with E-state index in [0.29, 0.717) is 25.8 Å². The van der Waals surface area contributed by atoms with Crippen LogP contribution in [-0.4, -0.2) is 47.4 Å². The first kappa shape index (κ1) is 18.4. The third kappa shape index (κ3) is 3.04. The molecule has 2 aliphatic heterocycles. The summed E-state index contributed by atoms with van der Waals surface area (Å²) in [6.07, 6.45) is 6.93. The molecule has 7 nitrogen and oxygen atoms in total.